The third-order valence-corrected chi connectivity index (χ3v) is 2.20. The zero-order chi connectivity index (χ0) is 10.5. The molecule has 0 rings (SSSR count). The molecule has 1 N–H and O–H groups in total. The number of hydrogen-bond donors (Lipinski definition) is 1. The van der Waals surface area contributed by atoms with Crippen LogP contribution in [-0.4, -0.2) is 23.9 Å². The molecule has 13 heavy (non-hydrogen) atoms. The summed E-state index contributed by atoms with van der Waals surface area (Å²) in [7, 11) is 0. The molecule has 0 aromatic heterocycles. The number of aliphatic hydroxyl groups is 1. The van der Waals surface area contributed by atoms with Crippen molar-refractivity contribution < 1.29 is 9.84 Å². The van der Waals surface area contributed by atoms with Crippen LogP contribution in [0.2, 0.25) is 0 Å². The fourth-order valence-corrected chi connectivity index (χ4v) is 1.15. The molecule has 0 aliphatic rings. The number of ether oxygens (including phenoxy) is 1. The molecule has 0 aromatic rings. The molecule has 0 amide bonds. The highest BCUT2D eigenvalue weighted by Crippen LogP contribution is 2.16. The van der Waals surface area contributed by atoms with E-state index in [0.717, 1.165) is 13.0 Å². The van der Waals surface area contributed by atoms with Gasteiger partial charge in [0.1, 0.15) is 0 Å². The van der Waals surface area contributed by atoms with Gasteiger partial charge in [-0.15, -0.1) is 0 Å². The number of hydrogen-bond acceptors (Lipinski definition) is 2. The van der Waals surface area contributed by atoms with E-state index >= 15 is 0 Å². The lowest BCUT2D eigenvalue weighted by atomic mass is 9.94. The van der Waals surface area contributed by atoms with E-state index < -0.39 is 0 Å². The minimum Gasteiger partial charge on any atom is -0.396 e. The SMILES string of the molecule is CC(C)C(CO)CCOC(C)(C)C. The molecule has 1 unspecified atom stereocenters. The Kier molecular flexibility index (Phi) is 5.57. The van der Waals surface area contributed by atoms with E-state index in [1.54, 1.807) is 0 Å². The van der Waals surface area contributed by atoms with Crippen LogP contribution < -0.4 is 0 Å². The number of rotatable bonds is 5. The van der Waals surface area contributed by atoms with E-state index in [9.17, 15) is 0 Å². The second-order valence-electron chi connectivity index (χ2n) is 4.94. The summed E-state index contributed by atoms with van der Waals surface area (Å²) in [5.41, 5.74) is -0.0585. The maximum absolute atomic E-state index is 9.07. The Hall–Kier alpha value is -0.0800. The van der Waals surface area contributed by atoms with Gasteiger partial charge in [-0.1, -0.05) is 13.8 Å². The maximum atomic E-state index is 9.07. The summed E-state index contributed by atoms with van der Waals surface area (Å²) in [6, 6.07) is 0. The van der Waals surface area contributed by atoms with Crippen molar-refractivity contribution >= 4 is 0 Å². The van der Waals surface area contributed by atoms with Crippen molar-refractivity contribution in [2.24, 2.45) is 11.8 Å². The molecule has 0 saturated heterocycles. The largest absolute Gasteiger partial charge is 0.396 e. The molecular formula is C11H24O2. The van der Waals surface area contributed by atoms with E-state index in [4.69, 9.17) is 9.84 Å². The first-order valence-electron chi connectivity index (χ1n) is 5.11. The minimum atomic E-state index is -0.0585. The molecule has 0 aliphatic carbocycles. The second kappa shape index (κ2) is 5.61. The van der Waals surface area contributed by atoms with Gasteiger partial charge >= 0.3 is 0 Å². The van der Waals surface area contributed by atoms with Gasteiger partial charge in [0.15, 0.2) is 0 Å². The Labute approximate surface area is 82.3 Å². The smallest absolute Gasteiger partial charge is 0.0598 e. The Morgan fingerprint density at radius 1 is 1.23 bits per heavy atom. The molecule has 0 fully saturated rings. The van der Waals surface area contributed by atoms with Gasteiger partial charge in [-0.3, -0.25) is 0 Å². The molecule has 2 nitrogen and oxygen atoms in total. The van der Waals surface area contributed by atoms with Crippen LogP contribution in [0, 0.1) is 11.8 Å². The third-order valence-electron chi connectivity index (χ3n) is 2.20. The molecule has 0 radical (unpaired) electrons. The quantitative estimate of drug-likeness (QED) is 0.718. The molecule has 0 heterocycles. The molecule has 0 aromatic carbocycles. The lowest BCUT2D eigenvalue weighted by Crippen LogP contribution is -2.23. The topological polar surface area (TPSA) is 29.5 Å². The van der Waals surface area contributed by atoms with Crippen LogP contribution in [0.1, 0.15) is 41.0 Å². The molecule has 0 bridgehead atoms. The van der Waals surface area contributed by atoms with Gasteiger partial charge in [-0.05, 0) is 39.0 Å². The molecule has 1 atom stereocenters. The summed E-state index contributed by atoms with van der Waals surface area (Å²) in [4.78, 5) is 0. The number of aliphatic hydroxyl groups excluding tert-OH is 1. The van der Waals surface area contributed by atoms with Gasteiger partial charge in [0, 0.05) is 13.2 Å². The van der Waals surface area contributed by atoms with Gasteiger partial charge < -0.3 is 9.84 Å². The van der Waals surface area contributed by atoms with E-state index in [1.165, 1.54) is 0 Å². The van der Waals surface area contributed by atoms with Gasteiger partial charge in [-0.25, -0.2) is 0 Å². The van der Waals surface area contributed by atoms with Crippen molar-refractivity contribution in [2.45, 2.75) is 46.6 Å². The van der Waals surface area contributed by atoms with Gasteiger partial charge in [0.2, 0.25) is 0 Å². The van der Waals surface area contributed by atoms with E-state index in [0.29, 0.717) is 11.8 Å². The lowest BCUT2D eigenvalue weighted by Gasteiger charge is -2.23. The Bertz CT molecular complexity index is 125. The molecule has 2 heteroatoms. The predicted molar refractivity (Wildman–Crippen MR) is 55.7 cm³/mol. The van der Waals surface area contributed by atoms with Gasteiger partial charge in [-0.2, -0.15) is 0 Å². The zero-order valence-corrected chi connectivity index (χ0v) is 9.63. The van der Waals surface area contributed by atoms with Crippen molar-refractivity contribution in [3.8, 4) is 0 Å². The van der Waals surface area contributed by atoms with Crippen LogP contribution in [0.4, 0.5) is 0 Å². The highest BCUT2D eigenvalue weighted by Gasteiger charge is 2.14. The first kappa shape index (κ1) is 12.9. The summed E-state index contributed by atoms with van der Waals surface area (Å²) >= 11 is 0. The minimum absolute atomic E-state index is 0.0585. The molecule has 80 valence electrons. The normalized spacial score (nSPS) is 15.0. The van der Waals surface area contributed by atoms with Crippen LogP contribution in [0.15, 0.2) is 0 Å². The molecular weight excluding hydrogens is 164 g/mol. The van der Waals surface area contributed by atoms with E-state index in [-0.39, 0.29) is 12.2 Å². The summed E-state index contributed by atoms with van der Waals surface area (Å²) in [6.07, 6.45) is 0.950. The fraction of sp³-hybridized carbons (Fsp3) is 1.00. The summed E-state index contributed by atoms with van der Waals surface area (Å²) in [5, 5.41) is 9.07. The third kappa shape index (κ3) is 7.03. The summed E-state index contributed by atoms with van der Waals surface area (Å²) in [5.74, 6) is 0.913. The van der Waals surface area contributed by atoms with Crippen LogP contribution in [0.25, 0.3) is 0 Å². The maximum Gasteiger partial charge on any atom is 0.0598 e. The van der Waals surface area contributed by atoms with Crippen molar-refractivity contribution in [3.05, 3.63) is 0 Å². The lowest BCUT2D eigenvalue weighted by molar-refractivity contribution is -0.0152. The van der Waals surface area contributed by atoms with Crippen molar-refractivity contribution in [2.75, 3.05) is 13.2 Å². The van der Waals surface area contributed by atoms with Gasteiger partial charge in [0.05, 0.1) is 5.60 Å². The molecule has 0 spiro atoms. The highest BCUT2D eigenvalue weighted by atomic mass is 16.5. The van der Waals surface area contributed by atoms with Gasteiger partial charge in [0.25, 0.3) is 0 Å². The van der Waals surface area contributed by atoms with Crippen molar-refractivity contribution in [3.63, 3.8) is 0 Å². The Balaban J connectivity index is 3.62. The fourth-order valence-electron chi connectivity index (χ4n) is 1.15. The highest BCUT2D eigenvalue weighted by molar-refractivity contribution is 4.64. The zero-order valence-electron chi connectivity index (χ0n) is 9.63. The molecule has 0 saturated carbocycles. The Morgan fingerprint density at radius 2 is 1.77 bits per heavy atom. The van der Waals surface area contributed by atoms with Crippen molar-refractivity contribution in [1.29, 1.82) is 0 Å². The summed E-state index contributed by atoms with van der Waals surface area (Å²) < 4.78 is 5.60. The standard InChI is InChI=1S/C11H24O2/c1-9(2)10(8-12)6-7-13-11(3,4)5/h9-10,12H,6-8H2,1-5H3. The van der Waals surface area contributed by atoms with E-state index in [2.05, 4.69) is 34.6 Å². The van der Waals surface area contributed by atoms with Crippen LogP contribution in [0.3, 0.4) is 0 Å². The average Bonchev–Trinajstić information content (AvgIpc) is 1.95. The van der Waals surface area contributed by atoms with E-state index in [1.807, 2.05) is 0 Å². The predicted octanol–water partition coefficient (Wildman–Crippen LogP) is 2.46. The van der Waals surface area contributed by atoms with Crippen LogP contribution in [-0.2, 0) is 4.74 Å². The first-order chi connectivity index (χ1) is 5.87. The monoisotopic (exact) mass is 188 g/mol. The van der Waals surface area contributed by atoms with Crippen LogP contribution in [0.5, 0.6) is 0 Å². The molecule has 0 aliphatic heterocycles. The Morgan fingerprint density at radius 3 is 2.08 bits per heavy atom. The first-order valence-corrected chi connectivity index (χ1v) is 5.11. The average molecular weight is 188 g/mol. The summed E-state index contributed by atoms with van der Waals surface area (Å²) in [6.45, 7) is 11.4. The van der Waals surface area contributed by atoms with Crippen LogP contribution >= 0.6 is 0 Å². The van der Waals surface area contributed by atoms with Crippen molar-refractivity contribution in [1.82, 2.24) is 0 Å². The second-order valence-corrected chi connectivity index (χ2v) is 4.94.